The number of aryl methyl sites for hydroxylation is 1. The van der Waals surface area contributed by atoms with E-state index in [0.717, 1.165) is 22.6 Å². The van der Waals surface area contributed by atoms with Crippen LogP contribution in [-0.2, 0) is 12.8 Å². The van der Waals surface area contributed by atoms with Gasteiger partial charge in [0.1, 0.15) is 0 Å². The van der Waals surface area contributed by atoms with Gasteiger partial charge in [0.2, 0.25) is 0 Å². The molecule has 0 unspecified atom stereocenters. The minimum atomic E-state index is -1.05. The molecule has 1 aliphatic carbocycles. The van der Waals surface area contributed by atoms with Crippen LogP contribution in [0, 0.1) is 0 Å². The number of nitrogens with zero attached hydrogens (tertiary/aromatic N) is 2. The quantitative estimate of drug-likeness (QED) is 0.631. The Bertz CT molecular complexity index is 994. The molecule has 0 saturated carbocycles. The standard InChI is InChI=1S/C16H9Cl3N2O2S/c17-8-2-4-11(10(18)6-8)21-14-9(13(20-21)16(22)23)3-1-7-5-12(19)24-15(7)14/h2,4-6H,1,3H2,(H,22,23). The maximum absolute atomic E-state index is 11.6. The molecule has 8 heteroatoms. The van der Waals surface area contributed by atoms with Gasteiger partial charge in [-0.05, 0) is 42.7 Å². The van der Waals surface area contributed by atoms with Crippen molar-refractivity contribution in [3.8, 4) is 16.3 Å². The molecular formula is C16H9Cl3N2O2S. The summed E-state index contributed by atoms with van der Waals surface area (Å²) < 4.78 is 2.25. The molecule has 3 aromatic rings. The number of benzene rings is 1. The number of hydrogen-bond acceptors (Lipinski definition) is 3. The molecular weight excluding hydrogens is 391 g/mol. The van der Waals surface area contributed by atoms with Crippen LogP contribution in [0.1, 0.15) is 21.6 Å². The number of carboxylic acids is 1. The minimum absolute atomic E-state index is 0.0474. The zero-order valence-corrected chi connectivity index (χ0v) is 15.1. The highest BCUT2D eigenvalue weighted by Gasteiger charge is 2.30. The van der Waals surface area contributed by atoms with E-state index in [0.29, 0.717) is 32.1 Å². The summed E-state index contributed by atoms with van der Waals surface area (Å²) in [5, 5.41) is 14.7. The lowest BCUT2D eigenvalue weighted by molar-refractivity contribution is 0.0689. The molecule has 0 radical (unpaired) electrons. The Balaban J connectivity index is 2.04. The van der Waals surface area contributed by atoms with E-state index in [1.807, 2.05) is 6.07 Å². The lowest BCUT2D eigenvalue weighted by atomic mass is 9.95. The molecule has 2 heterocycles. The van der Waals surface area contributed by atoms with Gasteiger partial charge in [-0.1, -0.05) is 34.8 Å². The zero-order chi connectivity index (χ0) is 17.0. The number of carboxylic acid groups (broad SMARTS) is 1. The lowest BCUT2D eigenvalue weighted by Crippen LogP contribution is -2.06. The fraction of sp³-hybridized carbons (Fsp3) is 0.125. The highest BCUT2D eigenvalue weighted by atomic mass is 35.5. The van der Waals surface area contributed by atoms with Crippen molar-refractivity contribution in [3.63, 3.8) is 0 Å². The first kappa shape index (κ1) is 16.0. The number of hydrogen-bond donors (Lipinski definition) is 1. The lowest BCUT2D eigenvalue weighted by Gasteiger charge is -2.15. The van der Waals surface area contributed by atoms with Crippen LogP contribution in [0.4, 0.5) is 0 Å². The first-order chi connectivity index (χ1) is 11.5. The van der Waals surface area contributed by atoms with Gasteiger partial charge in [0.25, 0.3) is 0 Å². The monoisotopic (exact) mass is 398 g/mol. The van der Waals surface area contributed by atoms with E-state index in [1.54, 1.807) is 22.9 Å². The molecule has 4 nitrogen and oxygen atoms in total. The molecule has 24 heavy (non-hydrogen) atoms. The van der Waals surface area contributed by atoms with Crippen molar-refractivity contribution in [2.45, 2.75) is 12.8 Å². The summed E-state index contributed by atoms with van der Waals surface area (Å²) in [7, 11) is 0. The number of aromatic carboxylic acids is 1. The Morgan fingerprint density at radius 3 is 2.71 bits per heavy atom. The summed E-state index contributed by atoms with van der Waals surface area (Å²) >= 11 is 19.9. The summed E-state index contributed by atoms with van der Waals surface area (Å²) in [6.07, 6.45) is 1.34. The van der Waals surface area contributed by atoms with Crippen molar-refractivity contribution >= 4 is 52.1 Å². The molecule has 122 valence electrons. The van der Waals surface area contributed by atoms with E-state index < -0.39 is 5.97 Å². The molecule has 0 saturated heterocycles. The van der Waals surface area contributed by atoms with Gasteiger partial charge in [0.05, 0.1) is 25.6 Å². The van der Waals surface area contributed by atoms with Gasteiger partial charge in [0.15, 0.2) is 5.69 Å². The van der Waals surface area contributed by atoms with E-state index in [4.69, 9.17) is 34.8 Å². The van der Waals surface area contributed by atoms with Crippen LogP contribution in [0.25, 0.3) is 16.3 Å². The molecule has 1 aromatic carbocycles. The highest BCUT2D eigenvalue weighted by molar-refractivity contribution is 7.19. The molecule has 0 fully saturated rings. The van der Waals surface area contributed by atoms with Crippen molar-refractivity contribution in [2.75, 3.05) is 0 Å². The van der Waals surface area contributed by atoms with Crippen LogP contribution < -0.4 is 0 Å². The summed E-state index contributed by atoms with van der Waals surface area (Å²) in [6.45, 7) is 0. The number of thiophene rings is 1. The van der Waals surface area contributed by atoms with Gasteiger partial charge >= 0.3 is 5.97 Å². The smallest absolute Gasteiger partial charge is 0.356 e. The van der Waals surface area contributed by atoms with Crippen molar-refractivity contribution in [2.24, 2.45) is 0 Å². The Morgan fingerprint density at radius 2 is 2.00 bits per heavy atom. The van der Waals surface area contributed by atoms with E-state index in [9.17, 15) is 9.90 Å². The third-order valence-electron chi connectivity index (χ3n) is 3.96. The summed E-state index contributed by atoms with van der Waals surface area (Å²) in [5.41, 5.74) is 3.18. The highest BCUT2D eigenvalue weighted by Crippen LogP contribution is 2.44. The van der Waals surface area contributed by atoms with E-state index in [-0.39, 0.29) is 5.69 Å². The first-order valence-electron chi connectivity index (χ1n) is 7.05. The molecule has 4 rings (SSSR count). The Hall–Kier alpha value is -1.53. The average Bonchev–Trinajstić information content (AvgIpc) is 3.06. The minimum Gasteiger partial charge on any atom is -0.476 e. The topological polar surface area (TPSA) is 55.1 Å². The normalized spacial score (nSPS) is 12.8. The van der Waals surface area contributed by atoms with Crippen LogP contribution in [0.5, 0.6) is 0 Å². The van der Waals surface area contributed by atoms with E-state index in [1.165, 1.54) is 11.3 Å². The molecule has 1 aliphatic rings. The predicted octanol–water partition coefficient (Wildman–Crippen LogP) is 5.36. The van der Waals surface area contributed by atoms with Gasteiger partial charge in [0, 0.05) is 10.6 Å². The summed E-state index contributed by atoms with van der Waals surface area (Å²) in [4.78, 5) is 12.6. The molecule has 0 aliphatic heterocycles. The van der Waals surface area contributed by atoms with Crippen LogP contribution in [0.3, 0.4) is 0 Å². The second-order valence-corrected chi connectivity index (χ2v) is 7.92. The molecule has 0 spiro atoms. The van der Waals surface area contributed by atoms with Gasteiger partial charge in [-0.25, -0.2) is 9.48 Å². The molecule has 2 aromatic heterocycles. The largest absolute Gasteiger partial charge is 0.476 e. The average molecular weight is 400 g/mol. The number of rotatable bonds is 2. The third kappa shape index (κ3) is 2.43. The molecule has 0 amide bonds. The Morgan fingerprint density at radius 1 is 1.21 bits per heavy atom. The predicted molar refractivity (Wildman–Crippen MR) is 96.3 cm³/mol. The van der Waals surface area contributed by atoms with E-state index >= 15 is 0 Å². The SMILES string of the molecule is O=C(O)c1nn(-c2ccc(Cl)cc2Cl)c2c1CCc1cc(Cl)sc1-2. The van der Waals surface area contributed by atoms with E-state index in [2.05, 4.69) is 5.10 Å². The second-order valence-electron chi connectivity index (χ2n) is 5.39. The number of halogens is 3. The third-order valence-corrected chi connectivity index (χ3v) is 5.81. The van der Waals surface area contributed by atoms with Crippen LogP contribution in [0.2, 0.25) is 14.4 Å². The van der Waals surface area contributed by atoms with Crippen molar-refractivity contribution in [1.82, 2.24) is 9.78 Å². The fourth-order valence-electron chi connectivity index (χ4n) is 2.96. The first-order valence-corrected chi connectivity index (χ1v) is 9.00. The van der Waals surface area contributed by atoms with Gasteiger partial charge in [-0.15, -0.1) is 11.3 Å². The zero-order valence-electron chi connectivity index (χ0n) is 12.0. The van der Waals surface area contributed by atoms with Crippen molar-refractivity contribution < 1.29 is 9.90 Å². The maximum atomic E-state index is 11.6. The molecule has 1 N–H and O–H groups in total. The van der Waals surface area contributed by atoms with Crippen LogP contribution in [0.15, 0.2) is 24.3 Å². The van der Waals surface area contributed by atoms with Gasteiger partial charge in [-0.2, -0.15) is 5.10 Å². The van der Waals surface area contributed by atoms with Gasteiger partial charge < -0.3 is 5.11 Å². The van der Waals surface area contributed by atoms with Gasteiger partial charge in [-0.3, -0.25) is 0 Å². The summed E-state index contributed by atoms with van der Waals surface area (Å²) in [5.74, 6) is -1.05. The van der Waals surface area contributed by atoms with Crippen molar-refractivity contribution in [1.29, 1.82) is 0 Å². The molecule has 0 atom stereocenters. The van der Waals surface area contributed by atoms with Crippen LogP contribution in [-0.4, -0.2) is 20.9 Å². The maximum Gasteiger partial charge on any atom is 0.356 e. The Kier molecular flexibility index (Phi) is 3.84. The fourth-order valence-corrected chi connectivity index (χ4v) is 4.81. The number of aromatic nitrogens is 2. The van der Waals surface area contributed by atoms with Crippen LogP contribution >= 0.6 is 46.1 Å². The number of fused-ring (bicyclic) bond motifs is 3. The molecule has 0 bridgehead atoms. The number of carbonyl (C=O) groups is 1. The second kappa shape index (κ2) is 5.77. The van der Waals surface area contributed by atoms with Crippen molar-refractivity contribution in [3.05, 3.63) is 55.5 Å². The Labute approximate surface area is 156 Å². The summed E-state index contributed by atoms with van der Waals surface area (Å²) in [6, 6.07) is 6.96.